The molecule has 0 aliphatic rings. The van der Waals surface area contributed by atoms with Crippen LogP contribution in [0.15, 0.2) is 22.8 Å². The Bertz CT molecular complexity index is 133. The summed E-state index contributed by atoms with van der Waals surface area (Å²) in [5.41, 5.74) is 0. The average molecular weight is 146 g/mol. The van der Waals surface area contributed by atoms with Crippen LogP contribution in [0.4, 0.5) is 0 Å². The molecule has 1 aromatic heterocycles. The SMILES string of the molecule is OCCO.Oc1ccco1. The van der Waals surface area contributed by atoms with Crippen molar-refractivity contribution in [3.63, 3.8) is 0 Å². The molecule has 0 bridgehead atoms. The van der Waals surface area contributed by atoms with Crippen LogP contribution in [-0.4, -0.2) is 28.5 Å². The highest BCUT2D eigenvalue weighted by atomic mass is 16.5. The third-order valence-electron chi connectivity index (χ3n) is 0.606. The van der Waals surface area contributed by atoms with E-state index in [1.807, 2.05) is 0 Å². The predicted octanol–water partition coefficient (Wildman–Crippen LogP) is -0.0438. The molecule has 0 aliphatic heterocycles. The second kappa shape index (κ2) is 6.12. The molecule has 10 heavy (non-hydrogen) atoms. The molecular weight excluding hydrogens is 136 g/mol. The molecule has 1 rings (SSSR count). The smallest absolute Gasteiger partial charge is 0.281 e. The highest BCUT2D eigenvalue weighted by Crippen LogP contribution is 2.04. The summed E-state index contributed by atoms with van der Waals surface area (Å²) in [4.78, 5) is 0. The van der Waals surface area contributed by atoms with E-state index in [0.717, 1.165) is 0 Å². The van der Waals surface area contributed by atoms with Crippen LogP contribution in [-0.2, 0) is 0 Å². The minimum atomic E-state index is -0.125. The Morgan fingerprint density at radius 1 is 1.30 bits per heavy atom. The van der Waals surface area contributed by atoms with Crippen LogP contribution >= 0.6 is 0 Å². The van der Waals surface area contributed by atoms with Gasteiger partial charge in [0.2, 0.25) is 0 Å². The third kappa shape index (κ3) is 5.14. The van der Waals surface area contributed by atoms with Crippen molar-refractivity contribution in [2.75, 3.05) is 13.2 Å². The molecule has 0 amide bonds. The van der Waals surface area contributed by atoms with E-state index >= 15 is 0 Å². The van der Waals surface area contributed by atoms with E-state index in [9.17, 15) is 0 Å². The highest BCUT2D eigenvalue weighted by Gasteiger charge is 1.79. The molecule has 4 heteroatoms. The molecule has 4 nitrogen and oxygen atoms in total. The van der Waals surface area contributed by atoms with Crippen molar-refractivity contribution < 1.29 is 19.7 Å². The third-order valence-corrected chi connectivity index (χ3v) is 0.606. The van der Waals surface area contributed by atoms with Gasteiger partial charge >= 0.3 is 0 Å². The van der Waals surface area contributed by atoms with E-state index in [1.165, 1.54) is 12.3 Å². The molecule has 0 spiro atoms. The van der Waals surface area contributed by atoms with Gasteiger partial charge < -0.3 is 19.7 Å². The van der Waals surface area contributed by atoms with Crippen molar-refractivity contribution in [2.24, 2.45) is 0 Å². The Morgan fingerprint density at radius 3 is 2.00 bits per heavy atom. The fraction of sp³-hybridized carbons (Fsp3) is 0.333. The summed E-state index contributed by atoms with van der Waals surface area (Å²) in [5, 5.41) is 23.6. The van der Waals surface area contributed by atoms with Gasteiger partial charge in [0.25, 0.3) is 5.95 Å². The molecule has 0 saturated carbocycles. The van der Waals surface area contributed by atoms with Gasteiger partial charge in [-0.3, -0.25) is 0 Å². The van der Waals surface area contributed by atoms with Crippen LogP contribution in [0.25, 0.3) is 0 Å². The lowest BCUT2D eigenvalue weighted by Crippen LogP contribution is -1.85. The number of aliphatic hydroxyl groups excluding tert-OH is 2. The van der Waals surface area contributed by atoms with Crippen LogP contribution in [0.5, 0.6) is 5.95 Å². The zero-order valence-electron chi connectivity index (χ0n) is 5.40. The highest BCUT2D eigenvalue weighted by molar-refractivity contribution is 5.00. The first-order valence-corrected chi connectivity index (χ1v) is 2.75. The lowest BCUT2D eigenvalue weighted by molar-refractivity contribution is 0.186. The van der Waals surface area contributed by atoms with E-state index in [2.05, 4.69) is 4.42 Å². The van der Waals surface area contributed by atoms with Crippen molar-refractivity contribution >= 4 is 0 Å². The largest absolute Gasteiger partial charge is 0.481 e. The first kappa shape index (κ1) is 9.00. The minimum absolute atomic E-state index is 0.0324. The molecule has 0 radical (unpaired) electrons. The molecule has 58 valence electrons. The molecule has 0 aliphatic carbocycles. The molecule has 3 N–H and O–H groups in total. The maximum absolute atomic E-state index is 8.31. The zero-order chi connectivity index (χ0) is 7.82. The van der Waals surface area contributed by atoms with Crippen molar-refractivity contribution in [3.8, 4) is 5.95 Å². The first-order valence-electron chi connectivity index (χ1n) is 2.75. The van der Waals surface area contributed by atoms with E-state index in [0.29, 0.717) is 0 Å². The number of rotatable bonds is 1. The molecule has 0 unspecified atom stereocenters. The summed E-state index contributed by atoms with van der Waals surface area (Å²) in [5.74, 6) is -0.0324. The minimum Gasteiger partial charge on any atom is -0.481 e. The van der Waals surface area contributed by atoms with E-state index in [4.69, 9.17) is 15.3 Å². The standard InChI is InChI=1S/C4H4O2.C2H6O2/c5-4-2-1-3-6-4;3-1-2-4/h1-3,5H;3-4H,1-2H2. The predicted molar refractivity (Wildman–Crippen MR) is 34.5 cm³/mol. The van der Waals surface area contributed by atoms with Crippen molar-refractivity contribution in [1.82, 2.24) is 0 Å². The fourth-order valence-corrected chi connectivity index (χ4v) is 0.270. The number of hydrogen-bond donors (Lipinski definition) is 3. The van der Waals surface area contributed by atoms with Crippen molar-refractivity contribution in [2.45, 2.75) is 0 Å². The van der Waals surface area contributed by atoms with Gasteiger partial charge in [-0.1, -0.05) is 0 Å². The first-order chi connectivity index (χ1) is 4.81. The summed E-state index contributed by atoms with van der Waals surface area (Å²) in [6.45, 7) is -0.250. The number of hydrogen-bond acceptors (Lipinski definition) is 4. The van der Waals surface area contributed by atoms with Crippen LogP contribution in [0.2, 0.25) is 0 Å². The maximum atomic E-state index is 8.31. The molecule has 1 heterocycles. The quantitative estimate of drug-likeness (QED) is 0.519. The van der Waals surface area contributed by atoms with Crippen LogP contribution in [0.1, 0.15) is 0 Å². The van der Waals surface area contributed by atoms with Gasteiger partial charge in [0.15, 0.2) is 0 Å². The Morgan fingerprint density at radius 2 is 1.90 bits per heavy atom. The Balaban J connectivity index is 0.000000180. The lowest BCUT2D eigenvalue weighted by Gasteiger charge is -1.70. The number of furan rings is 1. The normalized spacial score (nSPS) is 8.20. The zero-order valence-corrected chi connectivity index (χ0v) is 5.40. The van der Waals surface area contributed by atoms with Crippen LogP contribution in [0, 0.1) is 0 Å². The molecule has 0 fully saturated rings. The summed E-state index contributed by atoms with van der Waals surface area (Å²) in [7, 11) is 0. The van der Waals surface area contributed by atoms with Gasteiger partial charge in [0.05, 0.1) is 19.5 Å². The lowest BCUT2D eigenvalue weighted by atomic mass is 10.7. The molecule has 0 atom stereocenters. The van der Waals surface area contributed by atoms with Gasteiger partial charge in [-0.15, -0.1) is 0 Å². The average Bonchev–Trinajstić information content (AvgIpc) is 2.40. The number of aliphatic hydroxyl groups is 2. The summed E-state index contributed by atoms with van der Waals surface area (Å²) in [6, 6.07) is 3.09. The summed E-state index contributed by atoms with van der Waals surface area (Å²) < 4.78 is 4.39. The van der Waals surface area contributed by atoms with E-state index < -0.39 is 0 Å². The second-order valence-corrected chi connectivity index (χ2v) is 1.40. The van der Waals surface area contributed by atoms with E-state index in [1.54, 1.807) is 6.07 Å². The molecule has 1 aromatic rings. The maximum Gasteiger partial charge on any atom is 0.281 e. The van der Waals surface area contributed by atoms with Crippen molar-refractivity contribution in [1.29, 1.82) is 0 Å². The molecular formula is C6H10O4. The molecule has 0 saturated heterocycles. The van der Waals surface area contributed by atoms with Gasteiger partial charge in [-0.2, -0.15) is 0 Å². The Kier molecular flexibility index (Phi) is 5.51. The van der Waals surface area contributed by atoms with Gasteiger partial charge in [-0.25, -0.2) is 0 Å². The molecule has 0 aromatic carbocycles. The van der Waals surface area contributed by atoms with Gasteiger partial charge in [-0.05, 0) is 6.07 Å². The summed E-state index contributed by atoms with van der Waals surface area (Å²) in [6.07, 6.45) is 1.41. The van der Waals surface area contributed by atoms with Crippen molar-refractivity contribution in [3.05, 3.63) is 18.4 Å². The monoisotopic (exact) mass is 146 g/mol. The van der Waals surface area contributed by atoms with Crippen LogP contribution < -0.4 is 0 Å². The van der Waals surface area contributed by atoms with E-state index in [-0.39, 0.29) is 19.2 Å². The number of aromatic hydroxyl groups is 1. The summed E-state index contributed by atoms with van der Waals surface area (Å²) >= 11 is 0. The van der Waals surface area contributed by atoms with Crippen LogP contribution in [0.3, 0.4) is 0 Å². The fourth-order valence-electron chi connectivity index (χ4n) is 0.270. The Labute approximate surface area is 58.3 Å². The Hall–Kier alpha value is -1.00. The van der Waals surface area contributed by atoms with Gasteiger partial charge in [0.1, 0.15) is 0 Å². The second-order valence-electron chi connectivity index (χ2n) is 1.40. The topological polar surface area (TPSA) is 73.8 Å². The van der Waals surface area contributed by atoms with Gasteiger partial charge in [0, 0.05) is 6.07 Å².